The molecule has 1 aliphatic carbocycles. The first kappa shape index (κ1) is 28.1. The number of ether oxygens (including phenoxy) is 2. The molecule has 0 amide bonds. The molecule has 0 saturated heterocycles. The van der Waals surface area contributed by atoms with E-state index in [0.717, 1.165) is 35.2 Å². The van der Waals surface area contributed by atoms with Crippen LogP contribution in [0.2, 0.25) is 0 Å². The van der Waals surface area contributed by atoms with Gasteiger partial charge < -0.3 is 13.9 Å². The summed E-state index contributed by atoms with van der Waals surface area (Å²) in [6.45, 7) is 0. The van der Waals surface area contributed by atoms with E-state index in [1.807, 2.05) is 30.3 Å². The van der Waals surface area contributed by atoms with Crippen molar-refractivity contribution < 1.29 is 18.8 Å². The molecule has 0 fully saturated rings. The van der Waals surface area contributed by atoms with Gasteiger partial charge in [-0.25, -0.2) is 4.99 Å². The number of thiazole rings is 1. The van der Waals surface area contributed by atoms with Gasteiger partial charge in [0.2, 0.25) is 0 Å². The molecular formula is C33H24BrN3O6S. The van der Waals surface area contributed by atoms with Gasteiger partial charge in [0.25, 0.3) is 11.2 Å². The predicted octanol–water partition coefficient (Wildman–Crippen LogP) is 6.27. The van der Waals surface area contributed by atoms with Crippen LogP contribution in [0.3, 0.4) is 0 Å². The molecule has 0 unspecified atom stereocenters. The second-order valence-electron chi connectivity index (χ2n) is 10.4. The number of hydrogen-bond donors (Lipinski definition) is 0. The van der Waals surface area contributed by atoms with Gasteiger partial charge in [0.05, 0.1) is 35.4 Å². The molecule has 1 aliphatic heterocycles. The van der Waals surface area contributed by atoms with Gasteiger partial charge in [0.15, 0.2) is 16.3 Å². The maximum absolute atomic E-state index is 14.1. The Morgan fingerprint density at radius 2 is 1.84 bits per heavy atom. The van der Waals surface area contributed by atoms with Gasteiger partial charge in [-0.1, -0.05) is 41.7 Å². The summed E-state index contributed by atoms with van der Waals surface area (Å²) in [7, 11) is 3.20. The van der Waals surface area contributed by atoms with Gasteiger partial charge in [0, 0.05) is 33.8 Å². The molecule has 9 nitrogen and oxygen atoms in total. The van der Waals surface area contributed by atoms with Crippen molar-refractivity contribution in [2.75, 3.05) is 14.2 Å². The zero-order chi connectivity index (χ0) is 30.5. The number of aryl methyl sites for hydroxylation is 1. The van der Waals surface area contributed by atoms with Crippen LogP contribution in [0.4, 0.5) is 5.69 Å². The fourth-order valence-corrected chi connectivity index (χ4v) is 7.41. The summed E-state index contributed by atoms with van der Waals surface area (Å²) in [6.07, 6.45) is 3.34. The van der Waals surface area contributed by atoms with E-state index in [1.54, 1.807) is 43.1 Å². The highest BCUT2D eigenvalue weighted by Gasteiger charge is 2.33. The van der Waals surface area contributed by atoms with Crippen LogP contribution in [0, 0.1) is 10.1 Å². The molecule has 44 heavy (non-hydrogen) atoms. The minimum atomic E-state index is -0.451. The van der Waals surface area contributed by atoms with E-state index >= 15 is 0 Å². The summed E-state index contributed by atoms with van der Waals surface area (Å²) in [6, 6.07) is 21.7. The van der Waals surface area contributed by atoms with Crippen molar-refractivity contribution in [3.63, 3.8) is 0 Å². The lowest BCUT2D eigenvalue weighted by atomic mass is 9.83. The van der Waals surface area contributed by atoms with E-state index in [0.29, 0.717) is 42.4 Å². The van der Waals surface area contributed by atoms with Gasteiger partial charge in [-0.2, -0.15) is 0 Å². The highest BCUT2D eigenvalue weighted by atomic mass is 79.9. The Kier molecular flexibility index (Phi) is 7.06. The first-order valence-electron chi connectivity index (χ1n) is 13.8. The number of aromatic nitrogens is 1. The number of benzene rings is 3. The number of nitro groups is 1. The van der Waals surface area contributed by atoms with Crippen LogP contribution < -0.4 is 24.4 Å². The fourth-order valence-electron chi connectivity index (χ4n) is 5.87. The Morgan fingerprint density at radius 1 is 1.02 bits per heavy atom. The Bertz CT molecular complexity index is 2200. The van der Waals surface area contributed by atoms with E-state index in [9.17, 15) is 14.9 Å². The van der Waals surface area contributed by atoms with Crippen LogP contribution in [0.15, 0.2) is 97.0 Å². The number of fused-ring (bicyclic) bond motifs is 3. The molecule has 0 bridgehead atoms. The quantitative estimate of drug-likeness (QED) is 0.156. The summed E-state index contributed by atoms with van der Waals surface area (Å²) in [4.78, 5) is 30.5. The molecule has 3 aromatic carbocycles. The molecule has 0 spiro atoms. The van der Waals surface area contributed by atoms with Gasteiger partial charge in [-0.05, 0) is 75.8 Å². The first-order valence-corrected chi connectivity index (χ1v) is 15.4. The molecule has 3 heterocycles. The summed E-state index contributed by atoms with van der Waals surface area (Å²) in [5.41, 5.74) is 5.68. The summed E-state index contributed by atoms with van der Waals surface area (Å²) in [5.74, 6) is 2.19. The van der Waals surface area contributed by atoms with Crippen molar-refractivity contribution in [2.45, 2.75) is 18.9 Å². The van der Waals surface area contributed by atoms with Crippen molar-refractivity contribution in [1.82, 2.24) is 4.57 Å². The summed E-state index contributed by atoms with van der Waals surface area (Å²) >= 11 is 4.72. The van der Waals surface area contributed by atoms with Gasteiger partial charge in [-0.3, -0.25) is 19.5 Å². The van der Waals surface area contributed by atoms with Crippen molar-refractivity contribution >= 4 is 44.7 Å². The summed E-state index contributed by atoms with van der Waals surface area (Å²) in [5, 5.41) is 11.1. The smallest absolute Gasteiger partial charge is 0.271 e. The number of methoxy groups -OCH3 is 2. The average Bonchev–Trinajstić information content (AvgIpc) is 3.63. The molecular weight excluding hydrogens is 646 g/mol. The van der Waals surface area contributed by atoms with Crippen LogP contribution >= 0.6 is 27.3 Å². The van der Waals surface area contributed by atoms with Crippen LogP contribution in [0.25, 0.3) is 23.1 Å². The number of non-ortho nitro benzene ring substituents is 1. The standard InChI is InChI=1S/C33H24BrN3O6S/c1-41-27-13-8-19(15-28(27)42-2)31-24-11-7-18-5-3-4-6-22(18)30(24)35-33-36(31)32(38)29(44-33)17-21-10-14-26(43-21)23-12-9-20(37(39)40)16-25(23)34/h3-6,8-10,12-17,31H,7,11H2,1-2H3/b29-17-/t31-/m0/s1. The fraction of sp³-hybridized carbons (Fsp3) is 0.152. The SMILES string of the molecule is COc1ccc([C@H]2C3=C(N=c4s/c(=C\c5ccc(-c6ccc([N+](=O)[O-])cc6Br)o5)c(=O)n42)c2ccccc2CC3)cc1OC. The molecule has 11 heteroatoms. The largest absolute Gasteiger partial charge is 0.493 e. The first-order chi connectivity index (χ1) is 21.4. The van der Waals surface area contributed by atoms with Crippen molar-refractivity contribution in [3.8, 4) is 22.8 Å². The van der Waals surface area contributed by atoms with E-state index in [2.05, 4.69) is 28.1 Å². The number of furan rings is 1. The third kappa shape index (κ3) is 4.68. The van der Waals surface area contributed by atoms with Crippen molar-refractivity contribution in [1.29, 1.82) is 0 Å². The molecule has 0 saturated carbocycles. The minimum absolute atomic E-state index is 0.0251. The number of allylic oxidation sites excluding steroid dienone is 1. The second kappa shape index (κ2) is 11.1. The van der Waals surface area contributed by atoms with Crippen LogP contribution in [0.5, 0.6) is 11.5 Å². The third-order valence-corrected chi connectivity index (χ3v) is 9.56. The number of hydrogen-bond acceptors (Lipinski definition) is 8. The minimum Gasteiger partial charge on any atom is -0.493 e. The normalized spacial score (nSPS) is 15.7. The highest BCUT2D eigenvalue weighted by molar-refractivity contribution is 9.10. The molecule has 7 rings (SSSR count). The number of nitrogens with zero attached hydrogens (tertiary/aromatic N) is 3. The van der Waals surface area contributed by atoms with E-state index in [-0.39, 0.29) is 17.3 Å². The molecule has 0 N–H and O–H groups in total. The van der Waals surface area contributed by atoms with E-state index in [4.69, 9.17) is 18.9 Å². The molecule has 1 atom stereocenters. The predicted molar refractivity (Wildman–Crippen MR) is 171 cm³/mol. The monoisotopic (exact) mass is 669 g/mol. The summed E-state index contributed by atoms with van der Waals surface area (Å²) < 4.78 is 20.0. The third-order valence-electron chi connectivity index (χ3n) is 7.93. The number of rotatable bonds is 6. The zero-order valence-electron chi connectivity index (χ0n) is 23.6. The van der Waals surface area contributed by atoms with Crippen molar-refractivity contribution in [3.05, 3.63) is 135 Å². The lowest BCUT2D eigenvalue weighted by Gasteiger charge is -2.31. The van der Waals surface area contributed by atoms with E-state index in [1.165, 1.54) is 29.0 Å². The second-order valence-corrected chi connectivity index (χ2v) is 12.2. The molecule has 5 aromatic rings. The lowest BCUT2D eigenvalue weighted by Crippen LogP contribution is -2.38. The molecule has 2 aliphatic rings. The highest BCUT2D eigenvalue weighted by Crippen LogP contribution is 2.43. The lowest BCUT2D eigenvalue weighted by molar-refractivity contribution is -0.384. The van der Waals surface area contributed by atoms with Gasteiger partial charge in [-0.15, -0.1) is 0 Å². The Balaban J connectivity index is 1.38. The maximum atomic E-state index is 14.1. The van der Waals surface area contributed by atoms with Crippen LogP contribution in [-0.4, -0.2) is 23.7 Å². The Labute approximate surface area is 263 Å². The maximum Gasteiger partial charge on any atom is 0.271 e. The zero-order valence-corrected chi connectivity index (χ0v) is 26.0. The van der Waals surface area contributed by atoms with Crippen LogP contribution in [0.1, 0.15) is 34.9 Å². The van der Waals surface area contributed by atoms with Crippen LogP contribution in [-0.2, 0) is 6.42 Å². The van der Waals surface area contributed by atoms with Crippen molar-refractivity contribution in [2.24, 2.45) is 4.99 Å². The van der Waals surface area contributed by atoms with Gasteiger partial charge in [0.1, 0.15) is 11.5 Å². The molecule has 2 aromatic heterocycles. The number of halogens is 1. The molecule has 220 valence electrons. The Morgan fingerprint density at radius 3 is 2.61 bits per heavy atom. The number of nitro benzene ring substituents is 1. The molecule has 0 radical (unpaired) electrons. The average molecular weight is 671 g/mol. The Hall–Kier alpha value is -4.74. The topological polar surface area (TPSA) is 109 Å². The van der Waals surface area contributed by atoms with Gasteiger partial charge >= 0.3 is 0 Å². The van der Waals surface area contributed by atoms with E-state index < -0.39 is 4.92 Å².